The Balaban J connectivity index is 1.68. The SMILES string of the molecule is CC(O)(CNc1nc(-c2cc(-c3ccon3)n(Cc3ccccc3F)n2)ncc1F)C(F)F. The highest BCUT2D eigenvalue weighted by atomic mass is 19.3. The topological polar surface area (TPSA) is 102 Å². The predicted molar refractivity (Wildman–Crippen MR) is 109 cm³/mol. The third-order valence-corrected chi connectivity index (χ3v) is 4.82. The Morgan fingerprint density at radius 2 is 1.94 bits per heavy atom. The number of anilines is 1. The molecule has 1 aromatic carbocycles. The summed E-state index contributed by atoms with van der Waals surface area (Å²) in [5, 5.41) is 20.4. The zero-order chi connectivity index (χ0) is 23.6. The average Bonchev–Trinajstić information content (AvgIpc) is 3.45. The Morgan fingerprint density at radius 3 is 2.64 bits per heavy atom. The van der Waals surface area contributed by atoms with Crippen molar-refractivity contribution in [3.8, 4) is 22.9 Å². The van der Waals surface area contributed by atoms with Crippen molar-refractivity contribution in [3.63, 3.8) is 0 Å². The first kappa shape index (κ1) is 22.4. The number of halogens is 4. The maximum Gasteiger partial charge on any atom is 0.268 e. The van der Waals surface area contributed by atoms with Crippen molar-refractivity contribution >= 4 is 5.82 Å². The summed E-state index contributed by atoms with van der Waals surface area (Å²) < 4.78 is 60.5. The second-order valence-corrected chi connectivity index (χ2v) is 7.45. The van der Waals surface area contributed by atoms with Gasteiger partial charge in [-0.2, -0.15) is 5.10 Å². The van der Waals surface area contributed by atoms with Gasteiger partial charge in [-0.15, -0.1) is 0 Å². The van der Waals surface area contributed by atoms with E-state index in [0.29, 0.717) is 17.0 Å². The molecular formula is C21H18F4N6O2. The lowest BCUT2D eigenvalue weighted by Gasteiger charge is -2.22. The molecule has 0 bridgehead atoms. The van der Waals surface area contributed by atoms with Crippen molar-refractivity contribution in [1.82, 2.24) is 24.9 Å². The number of hydrogen-bond acceptors (Lipinski definition) is 7. The van der Waals surface area contributed by atoms with Crippen LogP contribution in [0.5, 0.6) is 0 Å². The maximum atomic E-state index is 14.2. The molecule has 0 fully saturated rings. The molecule has 4 aromatic rings. The number of rotatable bonds is 8. The molecule has 0 saturated heterocycles. The average molecular weight is 462 g/mol. The number of hydrogen-bond donors (Lipinski definition) is 2. The number of aliphatic hydroxyl groups is 1. The van der Waals surface area contributed by atoms with E-state index >= 15 is 0 Å². The van der Waals surface area contributed by atoms with Crippen LogP contribution < -0.4 is 5.32 Å². The van der Waals surface area contributed by atoms with E-state index in [0.717, 1.165) is 13.1 Å². The van der Waals surface area contributed by atoms with Crippen LogP contribution in [0, 0.1) is 11.6 Å². The molecule has 172 valence electrons. The van der Waals surface area contributed by atoms with Gasteiger partial charge in [0.2, 0.25) is 0 Å². The molecule has 12 heteroatoms. The first-order valence-corrected chi connectivity index (χ1v) is 9.74. The molecule has 0 aliphatic carbocycles. The van der Waals surface area contributed by atoms with E-state index in [1.165, 1.54) is 17.0 Å². The fourth-order valence-electron chi connectivity index (χ4n) is 2.94. The lowest BCUT2D eigenvalue weighted by molar-refractivity contribution is -0.0732. The van der Waals surface area contributed by atoms with Gasteiger partial charge >= 0.3 is 0 Å². The van der Waals surface area contributed by atoms with Gasteiger partial charge in [0.25, 0.3) is 6.43 Å². The monoisotopic (exact) mass is 462 g/mol. The van der Waals surface area contributed by atoms with E-state index in [2.05, 4.69) is 25.5 Å². The zero-order valence-electron chi connectivity index (χ0n) is 17.2. The smallest absolute Gasteiger partial charge is 0.268 e. The van der Waals surface area contributed by atoms with Gasteiger partial charge in [-0.05, 0) is 19.1 Å². The molecule has 0 amide bonds. The van der Waals surface area contributed by atoms with E-state index in [9.17, 15) is 22.7 Å². The number of alkyl halides is 2. The Hall–Kier alpha value is -3.80. The fraction of sp³-hybridized carbons (Fsp3) is 0.238. The van der Waals surface area contributed by atoms with Crippen LogP contribution in [0.15, 0.2) is 53.4 Å². The van der Waals surface area contributed by atoms with Crippen LogP contribution in [-0.2, 0) is 6.54 Å². The summed E-state index contributed by atoms with van der Waals surface area (Å²) in [7, 11) is 0. The quantitative estimate of drug-likeness (QED) is 0.385. The fourth-order valence-corrected chi connectivity index (χ4v) is 2.94. The molecule has 0 aliphatic heterocycles. The van der Waals surface area contributed by atoms with E-state index in [1.54, 1.807) is 30.3 Å². The molecular weight excluding hydrogens is 444 g/mol. The summed E-state index contributed by atoms with van der Waals surface area (Å²) in [5.41, 5.74) is -0.941. The summed E-state index contributed by atoms with van der Waals surface area (Å²) in [5.74, 6) is -1.72. The van der Waals surface area contributed by atoms with Crippen LogP contribution in [0.3, 0.4) is 0 Å². The van der Waals surface area contributed by atoms with Gasteiger partial charge in [-0.3, -0.25) is 4.68 Å². The molecule has 1 unspecified atom stereocenters. The lowest BCUT2D eigenvalue weighted by Crippen LogP contribution is -2.41. The minimum atomic E-state index is -3.05. The van der Waals surface area contributed by atoms with Gasteiger partial charge in [0.1, 0.15) is 29.1 Å². The highest BCUT2D eigenvalue weighted by Crippen LogP contribution is 2.26. The normalized spacial score (nSPS) is 13.3. The summed E-state index contributed by atoms with van der Waals surface area (Å²) in [6.07, 6.45) is -0.831. The number of nitrogens with zero attached hydrogens (tertiary/aromatic N) is 5. The third kappa shape index (κ3) is 4.85. The molecule has 0 saturated carbocycles. The molecule has 0 radical (unpaired) electrons. The van der Waals surface area contributed by atoms with Crippen molar-refractivity contribution in [2.24, 2.45) is 0 Å². The minimum absolute atomic E-state index is 0.0207. The van der Waals surface area contributed by atoms with Gasteiger partial charge in [0.05, 0.1) is 25.0 Å². The van der Waals surface area contributed by atoms with Crippen molar-refractivity contribution < 1.29 is 27.2 Å². The second kappa shape index (κ2) is 8.98. The molecule has 3 heterocycles. The second-order valence-electron chi connectivity index (χ2n) is 7.45. The molecule has 33 heavy (non-hydrogen) atoms. The van der Waals surface area contributed by atoms with Gasteiger partial charge in [0, 0.05) is 11.6 Å². The molecule has 1 atom stereocenters. The third-order valence-electron chi connectivity index (χ3n) is 4.82. The van der Waals surface area contributed by atoms with Crippen LogP contribution in [-0.4, -0.2) is 48.6 Å². The van der Waals surface area contributed by atoms with Gasteiger partial charge in [0.15, 0.2) is 17.5 Å². The Morgan fingerprint density at radius 1 is 1.15 bits per heavy atom. The van der Waals surface area contributed by atoms with E-state index < -0.39 is 30.2 Å². The van der Waals surface area contributed by atoms with Crippen LogP contribution >= 0.6 is 0 Å². The standard InChI is InChI=1S/C21H18F4N6O2/c1-21(32,20(24)25)11-27-18-14(23)9-26-19(28-18)16-8-17(15-6-7-33-30-15)31(29-16)10-12-4-2-3-5-13(12)22/h2-9,20,32H,10-11H2,1H3,(H,26,27,28). The largest absolute Gasteiger partial charge is 0.382 e. The first-order chi connectivity index (χ1) is 15.7. The number of benzene rings is 1. The Labute approximate surface area is 184 Å². The van der Waals surface area contributed by atoms with E-state index in [-0.39, 0.29) is 23.9 Å². The summed E-state index contributed by atoms with van der Waals surface area (Å²) in [6.45, 7) is 0.321. The highest BCUT2D eigenvalue weighted by Gasteiger charge is 2.32. The van der Waals surface area contributed by atoms with Crippen LogP contribution in [0.4, 0.5) is 23.4 Å². The van der Waals surface area contributed by atoms with Crippen molar-refractivity contribution in [3.05, 3.63) is 66.1 Å². The van der Waals surface area contributed by atoms with E-state index in [4.69, 9.17) is 4.52 Å². The molecule has 2 N–H and O–H groups in total. The van der Waals surface area contributed by atoms with Gasteiger partial charge in [-0.1, -0.05) is 23.4 Å². The van der Waals surface area contributed by atoms with Gasteiger partial charge < -0.3 is 14.9 Å². The number of aromatic nitrogens is 5. The molecule has 8 nitrogen and oxygen atoms in total. The van der Waals surface area contributed by atoms with Crippen molar-refractivity contribution in [1.29, 1.82) is 0 Å². The lowest BCUT2D eigenvalue weighted by atomic mass is 10.1. The van der Waals surface area contributed by atoms with Crippen molar-refractivity contribution in [2.45, 2.75) is 25.5 Å². The first-order valence-electron chi connectivity index (χ1n) is 9.74. The molecule has 0 aliphatic rings. The van der Waals surface area contributed by atoms with Gasteiger partial charge in [-0.25, -0.2) is 27.5 Å². The molecule has 0 spiro atoms. The summed E-state index contributed by atoms with van der Waals surface area (Å²) in [4.78, 5) is 7.94. The maximum absolute atomic E-state index is 14.2. The van der Waals surface area contributed by atoms with Crippen LogP contribution in [0.1, 0.15) is 12.5 Å². The Kier molecular flexibility index (Phi) is 6.09. The summed E-state index contributed by atoms with van der Waals surface area (Å²) in [6, 6.07) is 9.33. The Bertz CT molecular complexity index is 1240. The van der Waals surface area contributed by atoms with Crippen LogP contribution in [0.25, 0.3) is 22.9 Å². The van der Waals surface area contributed by atoms with Crippen LogP contribution in [0.2, 0.25) is 0 Å². The molecule has 4 rings (SSSR count). The van der Waals surface area contributed by atoms with Crippen molar-refractivity contribution in [2.75, 3.05) is 11.9 Å². The highest BCUT2D eigenvalue weighted by molar-refractivity contribution is 5.63. The van der Waals surface area contributed by atoms with E-state index in [1.807, 2.05) is 0 Å². The summed E-state index contributed by atoms with van der Waals surface area (Å²) >= 11 is 0. The predicted octanol–water partition coefficient (Wildman–Crippen LogP) is 3.75. The minimum Gasteiger partial charge on any atom is -0.382 e. The molecule has 3 aromatic heterocycles. The zero-order valence-corrected chi connectivity index (χ0v) is 17.2. The number of nitrogens with one attached hydrogen (secondary N) is 1.